The van der Waals surface area contributed by atoms with E-state index in [1.165, 1.54) is 15.0 Å². The number of thiophene rings is 1. The zero-order valence-corrected chi connectivity index (χ0v) is 9.17. The first kappa shape index (κ1) is 8.74. The number of rotatable bonds is 1. The third-order valence-electron chi connectivity index (χ3n) is 2.41. The predicted molar refractivity (Wildman–Crippen MR) is 64.3 cm³/mol. The molecule has 0 unspecified atom stereocenters. The molecular formula is C13H10OS. The lowest BCUT2D eigenvalue weighted by Crippen LogP contribution is -1.61. The Bertz CT molecular complexity index is 571. The highest BCUT2D eigenvalue weighted by Crippen LogP contribution is 2.33. The minimum atomic E-state index is 0.961. The van der Waals surface area contributed by atoms with E-state index < -0.39 is 0 Å². The van der Waals surface area contributed by atoms with Crippen LogP contribution in [0.15, 0.2) is 46.9 Å². The summed E-state index contributed by atoms with van der Waals surface area (Å²) >= 11 is 1.77. The number of hydrogen-bond donors (Lipinski definition) is 0. The Kier molecular flexibility index (Phi) is 1.89. The van der Waals surface area contributed by atoms with Crippen LogP contribution in [-0.2, 0) is 0 Å². The molecule has 0 radical (unpaired) electrons. The number of hydrogen-bond acceptors (Lipinski definition) is 2. The highest BCUT2D eigenvalue weighted by atomic mass is 32.1. The predicted octanol–water partition coefficient (Wildman–Crippen LogP) is 4.47. The van der Waals surface area contributed by atoms with E-state index in [4.69, 9.17) is 4.42 Å². The molecule has 0 N–H and O–H groups in total. The zero-order valence-electron chi connectivity index (χ0n) is 8.36. The molecule has 0 saturated carbocycles. The van der Waals surface area contributed by atoms with E-state index in [0.717, 1.165) is 11.5 Å². The van der Waals surface area contributed by atoms with Crippen molar-refractivity contribution in [3.63, 3.8) is 0 Å². The van der Waals surface area contributed by atoms with Crippen LogP contribution in [0.1, 0.15) is 5.76 Å². The minimum Gasteiger partial charge on any atom is -0.461 e. The van der Waals surface area contributed by atoms with Crippen LogP contribution >= 0.6 is 11.3 Å². The Balaban J connectivity index is 2.19. The van der Waals surface area contributed by atoms with Gasteiger partial charge in [0.1, 0.15) is 11.5 Å². The van der Waals surface area contributed by atoms with Crippen LogP contribution in [0.3, 0.4) is 0 Å². The maximum Gasteiger partial charge on any atom is 0.144 e. The van der Waals surface area contributed by atoms with Gasteiger partial charge in [-0.2, -0.15) is 0 Å². The number of benzene rings is 1. The first-order valence-corrected chi connectivity index (χ1v) is 5.70. The fraction of sp³-hybridized carbons (Fsp3) is 0.0769. The SMILES string of the molecule is Cc1ccc(-c2cc3ccccc3s2)o1. The maximum atomic E-state index is 5.61. The van der Waals surface area contributed by atoms with Gasteiger partial charge in [-0.05, 0) is 36.6 Å². The van der Waals surface area contributed by atoms with Crippen LogP contribution in [-0.4, -0.2) is 0 Å². The third-order valence-corrected chi connectivity index (χ3v) is 3.54. The van der Waals surface area contributed by atoms with Gasteiger partial charge in [-0.1, -0.05) is 18.2 Å². The van der Waals surface area contributed by atoms with E-state index >= 15 is 0 Å². The van der Waals surface area contributed by atoms with Gasteiger partial charge in [0.25, 0.3) is 0 Å². The first-order chi connectivity index (χ1) is 7.33. The van der Waals surface area contributed by atoms with Crippen molar-refractivity contribution < 1.29 is 4.42 Å². The molecule has 0 amide bonds. The second-order valence-corrected chi connectivity index (χ2v) is 4.64. The molecule has 74 valence electrons. The normalized spacial score (nSPS) is 11.0. The summed E-state index contributed by atoms with van der Waals surface area (Å²) in [5, 5.41) is 1.28. The number of fused-ring (bicyclic) bond motifs is 1. The molecule has 0 aliphatic heterocycles. The summed E-state index contributed by atoms with van der Waals surface area (Å²) in [6.45, 7) is 1.97. The van der Waals surface area contributed by atoms with Gasteiger partial charge in [-0.15, -0.1) is 11.3 Å². The summed E-state index contributed by atoms with van der Waals surface area (Å²) in [5.74, 6) is 1.93. The van der Waals surface area contributed by atoms with E-state index in [9.17, 15) is 0 Å². The van der Waals surface area contributed by atoms with Crippen molar-refractivity contribution in [2.24, 2.45) is 0 Å². The molecule has 2 aromatic heterocycles. The Labute approximate surface area is 92.0 Å². The molecule has 3 aromatic rings. The molecule has 0 fully saturated rings. The summed E-state index contributed by atoms with van der Waals surface area (Å²) in [4.78, 5) is 1.20. The fourth-order valence-corrected chi connectivity index (χ4v) is 2.69. The Morgan fingerprint density at radius 3 is 2.67 bits per heavy atom. The van der Waals surface area contributed by atoms with Gasteiger partial charge in [0.2, 0.25) is 0 Å². The van der Waals surface area contributed by atoms with E-state index in [2.05, 4.69) is 30.3 Å². The van der Waals surface area contributed by atoms with Crippen LogP contribution in [0.5, 0.6) is 0 Å². The molecule has 0 spiro atoms. The van der Waals surface area contributed by atoms with Gasteiger partial charge < -0.3 is 4.42 Å². The van der Waals surface area contributed by atoms with Gasteiger partial charge in [0.05, 0.1) is 4.88 Å². The topological polar surface area (TPSA) is 13.1 Å². The van der Waals surface area contributed by atoms with Gasteiger partial charge in [-0.25, -0.2) is 0 Å². The highest BCUT2D eigenvalue weighted by molar-refractivity contribution is 7.22. The van der Waals surface area contributed by atoms with E-state index in [0.29, 0.717) is 0 Å². The molecule has 2 heterocycles. The quantitative estimate of drug-likeness (QED) is 0.582. The molecular weight excluding hydrogens is 204 g/mol. The fourth-order valence-electron chi connectivity index (χ4n) is 1.67. The Hall–Kier alpha value is -1.54. The molecule has 0 saturated heterocycles. The first-order valence-electron chi connectivity index (χ1n) is 4.88. The van der Waals surface area contributed by atoms with Gasteiger partial charge >= 0.3 is 0 Å². The second kappa shape index (κ2) is 3.24. The van der Waals surface area contributed by atoms with Crippen molar-refractivity contribution in [3.8, 4) is 10.6 Å². The van der Waals surface area contributed by atoms with Crippen molar-refractivity contribution in [1.29, 1.82) is 0 Å². The molecule has 0 aliphatic rings. The molecule has 1 nitrogen and oxygen atoms in total. The van der Waals surface area contributed by atoms with Gasteiger partial charge in [0.15, 0.2) is 0 Å². The van der Waals surface area contributed by atoms with Crippen molar-refractivity contribution in [2.75, 3.05) is 0 Å². The van der Waals surface area contributed by atoms with E-state index in [1.54, 1.807) is 11.3 Å². The summed E-state index contributed by atoms with van der Waals surface area (Å²) < 4.78 is 6.92. The average molecular weight is 214 g/mol. The molecule has 1 aromatic carbocycles. The van der Waals surface area contributed by atoms with E-state index in [-0.39, 0.29) is 0 Å². The minimum absolute atomic E-state index is 0.961. The summed E-state index contributed by atoms with van der Waals surface area (Å²) in [7, 11) is 0. The monoisotopic (exact) mass is 214 g/mol. The van der Waals surface area contributed by atoms with Crippen molar-refractivity contribution in [1.82, 2.24) is 0 Å². The summed E-state index contributed by atoms with van der Waals surface area (Å²) in [6.07, 6.45) is 0. The van der Waals surface area contributed by atoms with Crippen LogP contribution < -0.4 is 0 Å². The second-order valence-electron chi connectivity index (χ2n) is 3.56. The molecule has 3 rings (SSSR count). The van der Waals surface area contributed by atoms with Gasteiger partial charge in [-0.3, -0.25) is 0 Å². The van der Waals surface area contributed by atoms with Crippen molar-refractivity contribution in [2.45, 2.75) is 6.92 Å². The number of aryl methyl sites for hydroxylation is 1. The lowest BCUT2D eigenvalue weighted by molar-refractivity contribution is 0.549. The third kappa shape index (κ3) is 1.47. The number of furan rings is 1. The van der Waals surface area contributed by atoms with Crippen molar-refractivity contribution in [3.05, 3.63) is 48.2 Å². The molecule has 2 heteroatoms. The Morgan fingerprint density at radius 1 is 1.07 bits per heavy atom. The lowest BCUT2D eigenvalue weighted by atomic mass is 10.2. The maximum absolute atomic E-state index is 5.61. The standard InChI is InChI=1S/C13H10OS/c1-9-6-7-11(14-9)13-8-10-4-2-3-5-12(10)15-13/h2-8H,1H3. The van der Waals surface area contributed by atoms with Crippen LogP contribution in [0, 0.1) is 6.92 Å². The molecule has 0 bridgehead atoms. The van der Waals surface area contributed by atoms with Crippen LogP contribution in [0.4, 0.5) is 0 Å². The Morgan fingerprint density at radius 2 is 1.93 bits per heavy atom. The van der Waals surface area contributed by atoms with Gasteiger partial charge in [0, 0.05) is 4.70 Å². The average Bonchev–Trinajstić information content (AvgIpc) is 2.82. The zero-order chi connectivity index (χ0) is 10.3. The van der Waals surface area contributed by atoms with E-state index in [1.807, 2.05) is 19.1 Å². The van der Waals surface area contributed by atoms with Crippen LogP contribution in [0.2, 0.25) is 0 Å². The molecule has 0 atom stereocenters. The molecule has 15 heavy (non-hydrogen) atoms. The summed E-state index contributed by atoms with van der Waals surface area (Å²) in [5.41, 5.74) is 0. The smallest absolute Gasteiger partial charge is 0.144 e. The highest BCUT2D eigenvalue weighted by Gasteiger charge is 2.06. The largest absolute Gasteiger partial charge is 0.461 e. The molecule has 0 aliphatic carbocycles. The van der Waals surface area contributed by atoms with Crippen LogP contribution in [0.25, 0.3) is 20.7 Å². The lowest BCUT2D eigenvalue weighted by Gasteiger charge is -1.87. The summed E-state index contributed by atoms with van der Waals surface area (Å²) in [6, 6.07) is 14.6. The van der Waals surface area contributed by atoms with Crippen molar-refractivity contribution >= 4 is 21.4 Å².